The summed E-state index contributed by atoms with van der Waals surface area (Å²) in [6, 6.07) is 7.72. The normalized spacial score (nSPS) is 9.20. The quantitative estimate of drug-likeness (QED) is 0.265. The molecule has 0 saturated carbocycles. The Balaban J connectivity index is 0.000000300. The van der Waals surface area contributed by atoms with Gasteiger partial charge < -0.3 is 9.47 Å². The first-order valence-electron chi connectivity index (χ1n) is 8.13. The standard InChI is InChI=1S/2C9H8FN3O2/c2*1-15-6-2-3-7(8(10)4-6)9(14)5-12-13-11/h2*2-4H,5H2,1H3. The van der Waals surface area contributed by atoms with Crippen LogP contribution in [0.2, 0.25) is 0 Å². The number of ether oxygens (including phenoxy) is 2. The summed E-state index contributed by atoms with van der Waals surface area (Å²) in [5, 5.41) is 6.13. The summed E-state index contributed by atoms with van der Waals surface area (Å²) in [4.78, 5) is 27.4. The largest absolute Gasteiger partial charge is 0.497 e. The molecule has 0 aliphatic carbocycles. The molecule has 30 heavy (non-hydrogen) atoms. The number of halogens is 2. The molecule has 2 rings (SSSR count). The van der Waals surface area contributed by atoms with Gasteiger partial charge in [0.1, 0.15) is 23.1 Å². The summed E-state index contributed by atoms with van der Waals surface area (Å²) < 4.78 is 36.1. The van der Waals surface area contributed by atoms with E-state index in [0.717, 1.165) is 12.1 Å². The van der Waals surface area contributed by atoms with E-state index in [1.54, 1.807) is 0 Å². The highest BCUT2D eigenvalue weighted by atomic mass is 19.1. The monoisotopic (exact) mass is 418 g/mol. The molecule has 0 bridgehead atoms. The van der Waals surface area contributed by atoms with E-state index >= 15 is 0 Å². The lowest BCUT2D eigenvalue weighted by atomic mass is 10.1. The van der Waals surface area contributed by atoms with E-state index in [2.05, 4.69) is 20.1 Å². The Labute approximate surface area is 169 Å². The van der Waals surface area contributed by atoms with Crippen molar-refractivity contribution in [1.82, 2.24) is 0 Å². The molecule has 10 nitrogen and oxygen atoms in total. The summed E-state index contributed by atoms with van der Waals surface area (Å²) in [5.74, 6) is -1.85. The van der Waals surface area contributed by atoms with Crippen LogP contribution in [0.15, 0.2) is 46.6 Å². The second-order valence-electron chi connectivity index (χ2n) is 5.32. The summed E-state index contributed by atoms with van der Waals surface area (Å²) in [6.07, 6.45) is 0. The number of carbonyl (C=O) groups excluding carboxylic acids is 2. The third-order valence-electron chi connectivity index (χ3n) is 3.51. The topological polar surface area (TPSA) is 150 Å². The number of ketones is 2. The lowest BCUT2D eigenvalue weighted by Crippen LogP contribution is -2.05. The second kappa shape index (κ2) is 12.3. The van der Waals surface area contributed by atoms with Crippen LogP contribution in [0.3, 0.4) is 0 Å². The van der Waals surface area contributed by atoms with Gasteiger partial charge in [-0.15, -0.1) is 0 Å². The highest BCUT2D eigenvalue weighted by Gasteiger charge is 2.12. The van der Waals surface area contributed by atoms with Gasteiger partial charge in [0, 0.05) is 22.0 Å². The molecule has 0 fully saturated rings. The highest BCUT2D eigenvalue weighted by molar-refractivity contribution is 5.98. The van der Waals surface area contributed by atoms with Crippen LogP contribution in [0.25, 0.3) is 20.9 Å². The average Bonchev–Trinajstić information content (AvgIpc) is 2.75. The molecule has 0 amide bonds. The fourth-order valence-corrected chi connectivity index (χ4v) is 2.06. The number of methoxy groups -OCH3 is 2. The molecule has 2 aromatic carbocycles. The van der Waals surface area contributed by atoms with Gasteiger partial charge in [0.15, 0.2) is 11.6 Å². The molecule has 2 aromatic rings. The first kappa shape index (κ1) is 23.9. The van der Waals surface area contributed by atoms with Gasteiger partial charge in [-0.1, -0.05) is 10.2 Å². The Morgan fingerprint density at radius 3 is 1.47 bits per heavy atom. The first-order chi connectivity index (χ1) is 14.4. The Bertz CT molecular complexity index is 936. The van der Waals surface area contributed by atoms with Gasteiger partial charge in [0.2, 0.25) is 0 Å². The van der Waals surface area contributed by atoms with Crippen LogP contribution in [0.1, 0.15) is 20.7 Å². The van der Waals surface area contributed by atoms with Crippen LogP contribution >= 0.6 is 0 Å². The summed E-state index contributed by atoms with van der Waals surface area (Å²) in [5.41, 5.74) is 15.8. The van der Waals surface area contributed by atoms with Gasteiger partial charge in [-0.2, -0.15) is 0 Å². The Hall–Kier alpha value is -4.14. The van der Waals surface area contributed by atoms with E-state index < -0.39 is 23.2 Å². The molecule has 0 heterocycles. The van der Waals surface area contributed by atoms with E-state index in [0.29, 0.717) is 11.5 Å². The number of Topliss-reactive ketones (excluding diaryl/α,β-unsaturated/α-hetero) is 2. The number of hydrogen-bond donors (Lipinski definition) is 0. The van der Waals surface area contributed by atoms with Gasteiger partial charge in [0.25, 0.3) is 0 Å². The van der Waals surface area contributed by atoms with Crippen LogP contribution in [0.4, 0.5) is 8.78 Å². The van der Waals surface area contributed by atoms with Gasteiger partial charge in [-0.25, -0.2) is 8.78 Å². The zero-order chi connectivity index (χ0) is 22.5. The fraction of sp³-hybridized carbons (Fsp3) is 0.222. The Kier molecular flexibility index (Phi) is 9.83. The van der Waals surface area contributed by atoms with Gasteiger partial charge in [-0.3, -0.25) is 9.59 Å². The van der Waals surface area contributed by atoms with Gasteiger partial charge in [0.05, 0.1) is 38.4 Å². The van der Waals surface area contributed by atoms with Crippen LogP contribution in [0, 0.1) is 11.6 Å². The molecule has 0 N–H and O–H groups in total. The van der Waals surface area contributed by atoms with Crippen LogP contribution in [-0.2, 0) is 0 Å². The smallest absolute Gasteiger partial charge is 0.171 e. The lowest BCUT2D eigenvalue weighted by Gasteiger charge is -2.02. The maximum Gasteiger partial charge on any atom is 0.171 e. The lowest BCUT2D eigenvalue weighted by molar-refractivity contribution is 0.0989. The Morgan fingerprint density at radius 1 is 0.833 bits per heavy atom. The number of hydrogen-bond acceptors (Lipinski definition) is 6. The zero-order valence-electron chi connectivity index (χ0n) is 16.0. The molecule has 12 heteroatoms. The second-order valence-corrected chi connectivity index (χ2v) is 5.32. The molecule has 0 saturated heterocycles. The fourth-order valence-electron chi connectivity index (χ4n) is 2.06. The minimum Gasteiger partial charge on any atom is -0.497 e. The third kappa shape index (κ3) is 7.12. The highest BCUT2D eigenvalue weighted by Crippen LogP contribution is 2.17. The van der Waals surface area contributed by atoms with Crippen molar-refractivity contribution in [2.24, 2.45) is 10.2 Å². The number of benzene rings is 2. The molecule has 0 spiro atoms. The third-order valence-corrected chi connectivity index (χ3v) is 3.51. The molecule has 0 aliphatic heterocycles. The molecule has 0 atom stereocenters. The maximum absolute atomic E-state index is 13.3. The molecule has 0 aliphatic rings. The van der Waals surface area contributed by atoms with E-state index in [1.165, 1.54) is 38.5 Å². The summed E-state index contributed by atoms with van der Waals surface area (Å²) in [6.45, 7) is -0.778. The van der Waals surface area contributed by atoms with Crippen molar-refractivity contribution in [3.8, 4) is 11.5 Å². The SMILES string of the molecule is COc1ccc(C(=O)CN=[N+]=[N-])c(F)c1.COc1ccc(C(=O)CN=[N+]=[N-])c(F)c1. The molecular formula is C18H16F2N6O4. The molecular weight excluding hydrogens is 402 g/mol. The van der Waals surface area contributed by atoms with Crippen molar-refractivity contribution in [3.05, 3.63) is 80.0 Å². The van der Waals surface area contributed by atoms with E-state index in [1.807, 2.05) is 0 Å². The van der Waals surface area contributed by atoms with Crippen molar-refractivity contribution in [2.45, 2.75) is 0 Å². The first-order valence-corrected chi connectivity index (χ1v) is 8.13. The van der Waals surface area contributed by atoms with E-state index in [-0.39, 0.29) is 24.2 Å². The molecule has 0 unspecified atom stereocenters. The van der Waals surface area contributed by atoms with Crippen molar-refractivity contribution in [2.75, 3.05) is 27.3 Å². The van der Waals surface area contributed by atoms with Crippen LogP contribution < -0.4 is 9.47 Å². The summed E-state index contributed by atoms with van der Waals surface area (Å²) in [7, 11) is 2.80. The number of azide groups is 2. The van der Waals surface area contributed by atoms with Crippen LogP contribution in [0.5, 0.6) is 11.5 Å². The number of nitrogens with zero attached hydrogens (tertiary/aromatic N) is 6. The molecule has 0 radical (unpaired) electrons. The predicted octanol–water partition coefficient (Wildman–Crippen LogP) is 4.65. The average molecular weight is 418 g/mol. The number of carbonyl (C=O) groups is 2. The van der Waals surface area contributed by atoms with E-state index in [4.69, 9.17) is 20.5 Å². The minimum atomic E-state index is -0.688. The number of rotatable bonds is 8. The van der Waals surface area contributed by atoms with Crippen molar-refractivity contribution >= 4 is 11.6 Å². The van der Waals surface area contributed by atoms with E-state index in [9.17, 15) is 18.4 Å². The molecule has 0 aromatic heterocycles. The van der Waals surface area contributed by atoms with Crippen LogP contribution in [-0.4, -0.2) is 38.9 Å². The maximum atomic E-state index is 13.3. The zero-order valence-corrected chi connectivity index (χ0v) is 16.0. The van der Waals surface area contributed by atoms with Crippen molar-refractivity contribution in [3.63, 3.8) is 0 Å². The van der Waals surface area contributed by atoms with Crippen molar-refractivity contribution in [1.29, 1.82) is 0 Å². The summed E-state index contributed by atoms with van der Waals surface area (Å²) >= 11 is 0. The molecule has 156 valence electrons. The predicted molar refractivity (Wildman–Crippen MR) is 103 cm³/mol. The minimum absolute atomic E-state index is 0.108. The van der Waals surface area contributed by atoms with Gasteiger partial charge in [-0.05, 0) is 35.3 Å². The van der Waals surface area contributed by atoms with Gasteiger partial charge >= 0.3 is 0 Å². The Morgan fingerprint density at radius 2 is 1.20 bits per heavy atom. The van der Waals surface area contributed by atoms with Crippen molar-refractivity contribution < 1.29 is 27.8 Å².